The molecule has 0 bridgehead atoms. The number of rotatable bonds is 8. The Labute approximate surface area is 168 Å². The highest BCUT2D eigenvalue weighted by molar-refractivity contribution is 14.1. The SMILES string of the molecule is COc1ccc(S(=O)(=O)NCc2ccc(OC(C)C)c(OC)c2)cc1I. The van der Waals surface area contributed by atoms with E-state index in [1.165, 1.54) is 6.07 Å². The Kier molecular flexibility index (Phi) is 7.13. The molecular formula is C18H22INO5S. The van der Waals surface area contributed by atoms with Gasteiger partial charge in [-0.3, -0.25) is 0 Å². The predicted molar refractivity (Wildman–Crippen MR) is 108 cm³/mol. The van der Waals surface area contributed by atoms with Crippen molar-refractivity contribution < 1.29 is 22.6 Å². The monoisotopic (exact) mass is 491 g/mol. The highest BCUT2D eigenvalue weighted by Gasteiger charge is 2.16. The predicted octanol–water partition coefficient (Wildman–Crippen LogP) is 3.57. The standard InChI is InChI=1S/C18H22INO5S/c1-12(2)25-17-7-5-13(9-18(17)24-4)11-20-26(21,22)14-6-8-16(23-3)15(19)10-14/h5-10,12,20H,11H2,1-4H3. The Morgan fingerprint density at radius 1 is 1.00 bits per heavy atom. The van der Waals surface area contributed by atoms with Crippen LogP contribution in [0.25, 0.3) is 0 Å². The van der Waals surface area contributed by atoms with Crippen molar-refractivity contribution in [2.75, 3.05) is 14.2 Å². The lowest BCUT2D eigenvalue weighted by Crippen LogP contribution is -2.23. The first-order valence-corrected chi connectivity index (χ1v) is 10.5. The third kappa shape index (κ3) is 5.24. The van der Waals surface area contributed by atoms with Gasteiger partial charge in [-0.1, -0.05) is 6.07 Å². The van der Waals surface area contributed by atoms with E-state index in [0.29, 0.717) is 17.2 Å². The van der Waals surface area contributed by atoms with Crippen LogP contribution in [-0.2, 0) is 16.6 Å². The van der Waals surface area contributed by atoms with Crippen molar-refractivity contribution >= 4 is 32.6 Å². The number of halogens is 1. The van der Waals surface area contributed by atoms with Crippen LogP contribution in [0.3, 0.4) is 0 Å². The van der Waals surface area contributed by atoms with Crippen LogP contribution in [0, 0.1) is 3.57 Å². The Bertz CT molecular complexity index is 868. The average Bonchev–Trinajstić information content (AvgIpc) is 2.60. The van der Waals surface area contributed by atoms with Crippen LogP contribution in [0.4, 0.5) is 0 Å². The molecule has 0 spiro atoms. The first kappa shape index (κ1) is 20.8. The molecule has 0 unspecified atom stereocenters. The summed E-state index contributed by atoms with van der Waals surface area (Å²) in [6.45, 7) is 4.00. The lowest BCUT2D eigenvalue weighted by Gasteiger charge is -2.15. The first-order chi connectivity index (χ1) is 12.3. The van der Waals surface area contributed by atoms with E-state index < -0.39 is 10.0 Å². The highest BCUT2D eigenvalue weighted by Crippen LogP contribution is 2.29. The van der Waals surface area contributed by atoms with E-state index in [4.69, 9.17) is 14.2 Å². The molecule has 2 aromatic carbocycles. The van der Waals surface area contributed by atoms with Crippen LogP contribution < -0.4 is 18.9 Å². The summed E-state index contributed by atoms with van der Waals surface area (Å²) in [5.74, 6) is 1.82. The number of benzene rings is 2. The van der Waals surface area contributed by atoms with Crippen LogP contribution in [0.5, 0.6) is 17.2 Å². The summed E-state index contributed by atoms with van der Waals surface area (Å²) in [6, 6.07) is 10.1. The summed E-state index contributed by atoms with van der Waals surface area (Å²) in [4.78, 5) is 0.189. The molecule has 0 aliphatic heterocycles. The highest BCUT2D eigenvalue weighted by atomic mass is 127. The van der Waals surface area contributed by atoms with E-state index in [0.717, 1.165) is 9.13 Å². The Morgan fingerprint density at radius 2 is 1.65 bits per heavy atom. The van der Waals surface area contributed by atoms with Crippen molar-refractivity contribution in [2.45, 2.75) is 31.4 Å². The number of hydrogen-bond acceptors (Lipinski definition) is 5. The summed E-state index contributed by atoms with van der Waals surface area (Å²) in [7, 11) is -0.540. The lowest BCUT2D eigenvalue weighted by molar-refractivity contribution is 0.230. The van der Waals surface area contributed by atoms with Gasteiger partial charge in [0.15, 0.2) is 11.5 Å². The van der Waals surface area contributed by atoms with Gasteiger partial charge in [0.2, 0.25) is 10.0 Å². The number of ether oxygens (including phenoxy) is 3. The molecule has 142 valence electrons. The Morgan fingerprint density at radius 3 is 2.23 bits per heavy atom. The summed E-state index contributed by atoms with van der Waals surface area (Å²) < 4.78 is 44.5. The van der Waals surface area contributed by atoms with Gasteiger partial charge in [-0.25, -0.2) is 13.1 Å². The molecule has 8 heteroatoms. The molecular weight excluding hydrogens is 469 g/mol. The third-order valence-corrected chi connectivity index (χ3v) is 5.73. The molecule has 0 saturated heterocycles. The van der Waals surface area contributed by atoms with Gasteiger partial charge in [-0.05, 0) is 72.3 Å². The molecule has 0 heterocycles. The molecule has 2 aromatic rings. The van der Waals surface area contributed by atoms with Crippen molar-refractivity contribution in [3.63, 3.8) is 0 Å². The topological polar surface area (TPSA) is 73.9 Å². The molecule has 0 saturated carbocycles. The minimum atomic E-state index is -3.64. The molecule has 26 heavy (non-hydrogen) atoms. The summed E-state index contributed by atoms with van der Waals surface area (Å²) in [5.41, 5.74) is 0.768. The van der Waals surface area contributed by atoms with Gasteiger partial charge in [0, 0.05) is 6.54 Å². The number of sulfonamides is 1. The van der Waals surface area contributed by atoms with Crippen LogP contribution >= 0.6 is 22.6 Å². The summed E-state index contributed by atoms with van der Waals surface area (Å²) >= 11 is 2.04. The zero-order valence-electron chi connectivity index (χ0n) is 15.1. The maximum Gasteiger partial charge on any atom is 0.240 e. The quantitative estimate of drug-likeness (QED) is 0.572. The molecule has 1 N–H and O–H groups in total. The van der Waals surface area contributed by atoms with E-state index in [-0.39, 0.29) is 17.5 Å². The van der Waals surface area contributed by atoms with Gasteiger partial charge < -0.3 is 14.2 Å². The Balaban J connectivity index is 2.15. The van der Waals surface area contributed by atoms with Gasteiger partial charge in [0.05, 0.1) is 28.8 Å². The van der Waals surface area contributed by atoms with Crippen molar-refractivity contribution in [2.24, 2.45) is 0 Å². The minimum Gasteiger partial charge on any atom is -0.496 e. The molecule has 2 rings (SSSR count). The van der Waals surface area contributed by atoms with Gasteiger partial charge in [0.1, 0.15) is 5.75 Å². The normalized spacial score (nSPS) is 11.5. The van der Waals surface area contributed by atoms with Crippen LogP contribution in [0.1, 0.15) is 19.4 Å². The second-order valence-electron chi connectivity index (χ2n) is 5.77. The second-order valence-corrected chi connectivity index (χ2v) is 8.70. The van der Waals surface area contributed by atoms with Crippen molar-refractivity contribution in [3.05, 3.63) is 45.5 Å². The van der Waals surface area contributed by atoms with E-state index in [2.05, 4.69) is 4.72 Å². The van der Waals surface area contributed by atoms with E-state index in [1.807, 2.05) is 36.4 Å². The number of hydrogen-bond donors (Lipinski definition) is 1. The zero-order chi connectivity index (χ0) is 19.3. The fourth-order valence-electron chi connectivity index (χ4n) is 2.25. The zero-order valence-corrected chi connectivity index (χ0v) is 18.1. The van der Waals surface area contributed by atoms with Gasteiger partial charge in [-0.15, -0.1) is 0 Å². The average molecular weight is 491 g/mol. The first-order valence-electron chi connectivity index (χ1n) is 7.93. The molecule has 0 aliphatic rings. The fourth-order valence-corrected chi connectivity index (χ4v) is 4.24. The van der Waals surface area contributed by atoms with Gasteiger partial charge >= 0.3 is 0 Å². The minimum absolute atomic E-state index is 0.0193. The van der Waals surface area contributed by atoms with Gasteiger partial charge in [0.25, 0.3) is 0 Å². The van der Waals surface area contributed by atoms with Crippen molar-refractivity contribution in [1.29, 1.82) is 0 Å². The molecule has 0 aromatic heterocycles. The second kappa shape index (κ2) is 8.92. The third-order valence-electron chi connectivity index (χ3n) is 3.49. The van der Waals surface area contributed by atoms with E-state index in [9.17, 15) is 8.42 Å². The lowest BCUT2D eigenvalue weighted by atomic mass is 10.2. The molecule has 6 nitrogen and oxygen atoms in total. The van der Waals surface area contributed by atoms with Gasteiger partial charge in [-0.2, -0.15) is 0 Å². The van der Waals surface area contributed by atoms with Crippen LogP contribution in [0.15, 0.2) is 41.3 Å². The molecule has 0 radical (unpaired) electrons. The summed E-state index contributed by atoms with van der Waals surface area (Å²) in [5, 5.41) is 0. The molecule has 0 atom stereocenters. The van der Waals surface area contributed by atoms with Crippen LogP contribution in [-0.4, -0.2) is 28.7 Å². The Hall–Kier alpha value is -1.52. The molecule has 0 fully saturated rings. The van der Waals surface area contributed by atoms with E-state index >= 15 is 0 Å². The number of methoxy groups -OCH3 is 2. The molecule has 0 aliphatic carbocycles. The smallest absolute Gasteiger partial charge is 0.240 e. The largest absolute Gasteiger partial charge is 0.496 e. The van der Waals surface area contributed by atoms with E-state index in [1.54, 1.807) is 44.6 Å². The number of nitrogens with one attached hydrogen (secondary N) is 1. The maximum atomic E-state index is 12.5. The van der Waals surface area contributed by atoms with Crippen LogP contribution in [0.2, 0.25) is 0 Å². The van der Waals surface area contributed by atoms with Crippen molar-refractivity contribution in [1.82, 2.24) is 4.72 Å². The summed E-state index contributed by atoms with van der Waals surface area (Å²) in [6.07, 6.45) is 0.0193. The molecule has 0 amide bonds. The van der Waals surface area contributed by atoms with Crippen molar-refractivity contribution in [3.8, 4) is 17.2 Å². The fraction of sp³-hybridized carbons (Fsp3) is 0.333. The maximum absolute atomic E-state index is 12.5.